The number of hydrogen-bond acceptors (Lipinski definition) is 14. The predicted molar refractivity (Wildman–Crippen MR) is 196 cm³/mol. The van der Waals surface area contributed by atoms with Crippen LogP contribution in [-0.2, 0) is 63.6 Å². The van der Waals surface area contributed by atoms with Gasteiger partial charge in [0.05, 0.1) is 14.2 Å². The van der Waals surface area contributed by atoms with Crippen molar-refractivity contribution in [1.82, 2.24) is 0 Å². The summed E-state index contributed by atoms with van der Waals surface area (Å²) >= 11 is 0. The molecule has 2 bridgehead atoms. The van der Waals surface area contributed by atoms with Crippen LogP contribution in [0.25, 0.3) is 0 Å². The monoisotopic (exact) mass is 809 g/mol. The lowest BCUT2D eigenvalue weighted by Crippen LogP contribution is -3.00. The van der Waals surface area contributed by atoms with Crippen LogP contribution in [0.5, 0.6) is 0 Å². The van der Waals surface area contributed by atoms with E-state index in [2.05, 4.69) is 13.5 Å². The van der Waals surface area contributed by atoms with E-state index in [-0.39, 0.29) is 30.7 Å². The Morgan fingerprint density at radius 2 is 1.66 bits per heavy atom. The second-order valence-electron chi connectivity index (χ2n) is 14.6. The van der Waals surface area contributed by atoms with E-state index in [1.54, 1.807) is 6.08 Å². The molecule has 0 aliphatic carbocycles. The molecule has 0 aromatic heterocycles. The molecule has 0 amide bonds. The summed E-state index contributed by atoms with van der Waals surface area (Å²) < 4.78 is 40.1. The number of ether oxygens (including phenoxy) is 7. The lowest BCUT2D eigenvalue weighted by Gasteiger charge is -2.49. The number of aliphatic hydroxyl groups excluding tert-OH is 1. The fourth-order valence-electron chi connectivity index (χ4n) is 7.07. The molecule has 1 aromatic carbocycles. The predicted octanol–water partition coefficient (Wildman–Crippen LogP) is -0.177. The van der Waals surface area contributed by atoms with Gasteiger partial charge in [0.25, 0.3) is 5.60 Å². The van der Waals surface area contributed by atoms with Gasteiger partial charge in [-0.3, -0.25) is 4.79 Å². The van der Waals surface area contributed by atoms with Gasteiger partial charge in [-0.25, -0.2) is 23.8 Å². The van der Waals surface area contributed by atoms with E-state index < -0.39 is 77.7 Å². The zero-order valence-electron chi connectivity index (χ0n) is 33.5. The number of benzene rings is 1. The molecule has 2 saturated heterocycles. The lowest BCUT2D eigenvalue weighted by molar-refractivity contribution is -0.467. The number of nitrogens with zero attached hydrogens (tertiary/aromatic N) is 1. The largest absolute Gasteiger partial charge is 1.00 e. The fourth-order valence-corrected chi connectivity index (χ4v) is 7.07. The van der Waals surface area contributed by atoms with Crippen molar-refractivity contribution in [2.75, 3.05) is 28.3 Å². The van der Waals surface area contributed by atoms with Crippen molar-refractivity contribution in [3.05, 3.63) is 60.2 Å². The van der Waals surface area contributed by atoms with Crippen LogP contribution in [0.1, 0.15) is 65.9 Å². The topological polar surface area (TPSA) is 193 Å². The number of halogens is 1. The van der Waals surface area contributed by atoms with Crippen molar-refractivity contribution in [3.8, 4) is 0 Å². The van der Waals surface area contributed by atoms with Crippen LogP contribution < -0.4 is 12.4 Å². The third kappa shape index (κ3) is 10.2. The number of fused-ring (bicyclic) bond motifs is 2. The molecular formula is C40H56ClNO14. The van der Waals surface area contributed by atoms with Crippen LogP contribution in [0.4, 0.5) is 0 Å². The zero-order valence-corrected chi connectivity index (χ0v) is 34.3. The van der Waals surface area contributed by atoms with Gasteiger partial charge in [0.1, 0.15) is 26.3 Å². The second kappa shape index (κ2) is 20.3. The smallest absolute Gasteiger partial charge is 0.348 e. The van der Waals surface area contributed by atoms with E-state index in [9.17, 15) is 34.2 Å². The van der Waals surface area contributed by atoms with Gasteiger partial charge in [0, 0.05) is 25.3 Å². The normalized spacial score (nSPS) is 27.4. The van der Waals surface area contributed by atoms with E-state index in [0.29, 0.717) is 17.9 Å². The third-order valence-corrected chi connectivity index (χ3v) is 10.00. The maximum Gasteiger partial charge on any atom is 0.348 e. The summed E-state index contributed by atoms with van der Waals surface area (Å²) in [6.07, 6.45) is -2.47. The van der Waals surface area contributed by atoms with Crippen LogP contribution >= 0.6 is 0 Å². The Morgan fingerprint density at radius 1 is 1.04 bits per heavy atom. The van der Waals surface area contributed by atoms with Gasteiger partial charge in [-0.15, -0.1) is 0 Å². The van der Waals surface area contributed by atoms with E-state index >= 15 is 0 Å². The molecule has 1 aromatic rings. The molecule has 0 saturated carbocycles. The standard InChI is InChI=1S/C40H56NO14.ClH/c1-11-24(2)21-25(3)17-18-30(43)53-33-32(44)38(20-19-26(4)31(52-28(6)42)27(5)22-29-15-13-12-14-16-29)54-34(35(45)51-23-41(7)8)39(48,36(46)49-9)40(33,55-38)37(47)50-10;/h12-18,23-25,27,31-34,44,48H,4,11,19-22H2,1-3,5-10H3;1H/q+1;/p-1/b18-17+;/t24-,25+,27+,31+,32+,33+,34+,38-,39+,40-;/m0./s1. The minimum atomic E-state index is -3.47. The van der Waals surface area contributed by atoms with Crippen LogP contribution in [0.2, 0.25) is 0 Å². The Morgan fingerprint density at radius 3 is 2.21 bits per heavy atom. The molecule has 3 rings (SSSR count). The first kappa shape index (κ1) is 48.0. The summed E-state index contributed by atoms with van der Waals surface area (Å²) in [4.78, 5) is 67.1. The van der Waals surface area contributed by atoms with Gasteiger partial charge < -0.3 is 55.8 Å². The number of rotatable bonds is 18. The molecule has 16 heteroatoms. The van der Waals surface area contributed by atoms with E-state index in [4.69, 9.17) is 33.2 Å². The van der Waals surface area contributed by atoms with Gasteiger partial charge in [-0.2, -0.15) is 0 Å². The van der Waals surface area contributed by atoms with Crippen molar-refractivity contribution in [2.45, 2.75) is 108 Å². The first-order valence-corrected chi connectivity index (χ1v) is 18.3. The van der Waals surface area contributed by atoms with Crippen molar-refractivity contribution in [3.63, 3.8) is 0 Å². The Kier molecular flexibility index (Phi) is 17.4. The first-order valence-electron chi connectivity index (χ1n) is 18.3. The molecule has 2 fully saturated rings. The van der Waals surface area contributed by atoms with E-state index in [1.807, 2.05) is 51.1 Å². The van der Waals surface area contributed by atoms with Crippen molar-refractivity contribution in [1.29, 1.82) is 0 Å². The minimum Gasteiger partial charge on any atom is -1.00 e. The molecule has 0 radical (unpaired) electrons. The molecule has 10 atom stereocenters. The molecule has 2 heterocycles. The molecule has 15 nitrogen and oxygen atoms in total. The summed E-state index contributed by atoms with van der Waals surface area (Å²) in [5.41, 5.74) is -5.31. The van der Waals surface area contributed by atoms with Gasteiger partial charge in [-0.1, -0.05) is 77.1 Å². The minimum absolute atomic E-state index is 0. The van der Waals surface area contributed by atoms with Crippen molar-refractivity contribution in [2.24, 2.45) is 17.8 Å². The molecular weight excluding hydrogens is 754 g/mol. The number of methoxy groups -OCH3 is 2. The SMILES string of the molecule is C=C(CC[C@]12O[C@H](C(=O)OC=[N+](C)C)[C@@](O)(C(=O)OC)[C@](C(=O)OC)(O1)[C@H](OC(=O)/C=C/[C@@H](C)C[C@@H](C)CC)[C@H]2O)[C@@H](OC(C)=O)[C@H](C)Cc1ccccc1.[Cl-]. The molecule has 0 spiro atoms. The average Bonchev–Trinajstić information content (AvgIpc) is 3.36. The van der Waals surface area contributed by atoms with Crippen molar-refractivity contribution >= 4 is 36.2 Å². The highest BCUT2D eigenvalue weighted by Crippen LogP contribution is 2.56. The highest BCUT2D eigenvalue weighted by atomic mass is 35.5. The number of esters is 5. The number of allylic oxidation sites excluding steroid dienone is 1. The maximum absolute atomic E-state index is 14.0. The van der Waals surface area contributed by atoms with Gasteiger partial charge >= 0.3 is 36.2 Å². The van der Waals surface area contributed by atoms with Crippen LogP contribution in [0.3, 0.4) is 0 Å². The van der Waals surface area contributed by atoms with Crippen LogP contribution in [-0.4, -0.2) is 121 Å². The third-order valence-electron chi connectivity index (χ3n) is 10.00. The Hall–Kier alpha value is -4.15. The molecule has 56 heavy (non-hydrogen) atoms. The number of hydrogen-bond donors (Lipinski definition) is 2. The summed E-state index contributed by atoms with van der Waals surface area (Å²) in [6, 6.07) is 9.48. The molecule has 0 unspecified atom stereocenters. The van der Waals surface area contributed by atoms with Crippen LogP contribution in [0.15, 0.2) is 54.6 Å². The van der Waals surface area contributed by atoms with E-state index in [0.717, 1.165) is 45.1 Å². The number of carbonyl (C=O) groups is 5. The van der Waals surface area contributed by atoms with Crippen molar-refractivity contribution < 1.29 is 84.3 Å². The zero-order chi connectivity index (χ0) is 41.3. The summed E-state index contributed by atoms with van der Waals surface area (Å²) in [5.74, 6) is -8.67. The van der Waals surface area contributed by atoms with Gasteiger partial charge in [0.15, 0.2) is 6.10 Å². The summed E-state index contributed by atoms with van der Waals surface area (Å²) in [7, 11) is 4.81. The van der Waals surface area contributed by atoms with Gasteiger partial charge in [0.2, 0.25) is 17.5 Å². The first-order chi connectivity index (χ1) is 25.8. The molecule has 2 aliphatic rings. The Balaban J connectivity index is 0.0000108. The Labute approximate surface area is 334 Å². The quantitative estimate of drug-likeness (QED) is 0.0378. The highest BCUT2D eigenvalue weighted by molar-refractivity contribution is 6.00. The Bertz CT molecular complexity index is 1630. The maximum atomic E-state index is 14.0. The summed E-state index contributed by atoms with van der Waals surface area (Å²) in [6.45, 7) is 13.3. The molecule has 2 N–H and O–H groups in total. The highest BCUT2D eigenvalue weighted by Gasteiger charge is 2.86. The number of aliphatic hydroxyl groups is 2. The molecule has 312 valence electrons. The molecule has 2 aliphatic heterocycles. The number of carbonyl (C=O) groups excluding carboxylic acids is 5. The van der Waals surface area contributed by atoms with E-state index in [1.165, 1.54) is 25.6 Å². The van der Waals surface area contributed by atoms with Gasteiger partial charge in [-0.05, 0) is 42.2 Å². The lowest BCUT2D eigenvalue weighted by atomic mass is 9.74. The second-order valence-corrected chi connectivity index (χ2v) is 14.6. The average molecular weight is 810 g/mol. The van der Waals surface area contributed by atoms with Crippen LogP contribution in [0, 0.1) is 17.8 Å². The fraction of sp³-hybridized carbons (Fsp3) is 0.600. The summed E-state index contributed by atoms with van der Waals surface area (Å²) in [5, 5.41) is 24.5.